The molecule has 2 N–H and O–H groups in total. The van der Waals surface area contributed by atoms with Crippen molar-refractivity contribution in [2.45, 2.75) is 39.2 Å². The largest absolute Gasteiger partial charge is 0.444 e. The maximum absolute atomic E-state index is 12.2. The second kappa shape index (κ2) is 7.96. The molecule has 28 heavy (non-hydrogen) atoms. The summed E-state index contributed by atoms with van der Waals surface area (Å²) >= 11 is 0. The summed E-state index contributed by atoms with van der Waals surface area (Å²) in [6.45, 7) is 6.94. The molecule has 0 bridgehead atoms. The zero-order valence-corrected chi connectivity index (χ0v) is 16.5. The minimum Gasteiger partial charge on any atom is -0.444 e. The molecule has 2 heterocycles. The van der Waals surface area contributed by atoms with E-state index in [1.54, 1.807) is 35.5 Å². The predicted octanol–water partition coefficient (Wildman–Crippen LogP) is 3.04. The zero-order valence-electron chi connectivity index (χ0n) is 16.5. The Kier molecular flexibility index (Phi) is 5.63. The van der Waals surface area contributed by atoms with Crippen molar-refractivity contribution in [1.82, 2.24) is 14.9 Å². The standard InChI is InChI=1S/C21H26N4O3/c1-21(2,3)28-20(27)25-8-7-14(13-25)9-17-11-23-12-18(24-17)15-5-4-6-16(10-15)19(22)26/h4-6,10-12,14H,7-9,13H2,1-3H3,(H2,22,26). The van der Waals surface area contributed by atoms with Gasteiger partial charge in [-0.25, -0.2) is 9.78 Å². The summed E-state index contributed by atoms with van der Waals surface area (Å²) in [6.07, 6.45) is 4.79. The van der Waals surface area contributed by atoms with Crippen LogP contribution in [-0.2, 0) is 11.2 Å². The van der Waals surface area contributed by atoms with Crippen LogP contribution in [0, 0.1) is 5.92 Å². The van der Waals surface area contributed by atoms with Crippen LogP contribution in [0.5, 0.6) is 0 Å². The highest BCUT2D eigenvalue weighted by Gasteiger charge is 2.30. The van der Waals surface area contributed by atoms with E-state index < -0.39 is 11.5 Å². The second-order valence-corrected chi connectivity index (χ2v) is 8.13. The Labute approximate surface area is 164 Å². The molecule has 1 unspecified atom stereocenters. The molecule has 1 aromatic carbocycles. The predicted molar refractivity (Wildman–Crippen MR) is 106 cm³/mol. The van der Waals surface area contributed by atoms with Crippen molar-refractivity contribution >= 4 is 12.0 Å². The van der Waals surface area contributed by atoms with Gasteiger partial charge in [-0.1, -0.05) is 12.1 Å². The van der Waals surface area contributed by atoms with Gasteiger partial charge < -0.3 is 15.4 Å². The van der Waals surface area contributed by atoms with Crippen molar-refractivity contribution in [3.05, 3.63) is 47.9 Å². The molecule has 1 aliphatic rings. The van der Waals surface area contributed by atoms with E-state index in [0.29, 0.717) is 30.3 Å². The van der Waals surface area contributed by atoms with Crippen molar-refractivity contribution < 1.29 is 14.3 Å². The van der Waals surface area contributed by atoms with Gasteiger partial charge in [0.1, 0.15) is 5.60 Å². The number of carbonyl (C=O) groups is 2. The number of hydrogen-bond donors (Lipinski definition) is 1. The maximum atomic E-state index is 12.2. The summed E-state index contributed by atoms with van der Waals surface area (Å²) in [6, 6.07) is 7.04. The van der Waals surface area contributed by atoms with E-state index in [2.05, 4.69) is 9.97 Å². The molecule has 148 valence electrons. The van der Waals surface area contributed by atoms with Crippen LogP contribution in [0.2, 0.25) is 0 Å². The van der Waals surface area contributed by atoms with Gasteiger partial charge in [-0.15, -0.1) is 0 Å². The highest BCUT2D eigenvalue weighted by molar-refractivity contribution is 5.93. The number of carbonyl (C=O) groups excluding carboxylic acids is 2. The Hall–Kier alpha value is -2.96. The normalized spacial score (nSPS) is 16.8. The van der Waals surface area contributed by atoms with E-state index in [1.807, 2.05) is 26.8 Å². The van der Waals surface area contributed by atoms with Crippen LogP contribution in [0.25, 0.3) is 11.3 Å². The zero-order chi connectivity index (χ0) is 20.3. The van der Waals surface area contributed by atoms with Crippen molar-refractivity contribution in [2.24, 2.45) is 11.7 Å². The Bertz CT molecular complexity index is 876. The molecule has 1 aliphatic heterocycles. The van der Waals surface area contributed by atoms with E-state index in [1.165, 1.54) is 0 Å². The molecule has 1 fully saturated rings. The number of ether oxygens (including phenoxy) is 1. The van der Waals surface area contributed by atoms with E-state index in [9.17, 15) is 9.59 Å². The minimum atomic E-state index is -0.492. The van der Waals surface area contributed by atoms with E-state index >= 15 is 0 Å². The Morgan fingerprint density at radius 2 is 2.07 bits per heavy atom. The fraction of sp³-hybridized carbons (Fsp3) is 0.429. The van der Waals surface area contributed by atoms with Gasteiger partial charge in [0.15, 0.2) is 0 Å². The minimum absolute atomic E-state index is 0.266. The van der Waals surface area contributed by atoms with Crippen LogP contribution in [0.3, 0.4) is 0 Å². The quantitative estimate of drug-likeness (QED) is 0.876. The van der Waals surface area contributed by atoms with Gasteiger partial charge in [0.25, 0.3) is 0 Å². The number of nitrogens with two attached hydrogens (primary N) is 1. The number of benzene rings is 1. The van der Waals surface area contributed by atoms with Gasteiger partial charge in [-0.3, -0.25) is 9.78 Å². The number of aromatic nitrogens is 2. The molecule has 7 heteroatoms. The van der Waals surface area contributed by atoms with Gasteiger partial charge in [-0.2, -0.15) is 0 Å². The van der Waals surface area contributed by atoms with E-state index in [-0.39, 0.29) is 6.09 Å². The molecule has 1 saturated heterocycles. The van der Waals surface area contributed by atoms with Gasteiger partial charge in [0.2, 0.25) is 5.91 Å². The molecule has 1 atom stereocenters. The topological polar surface area (TPSA) is 98.4 Å². The van der Waals surface area contributed by atoms with Crippen LogP contribution in [0.1, 0.15) is 43.2 Å². The second-order valence-electron chi connectivity index (χ2n) is 8.13. The number of rotatable bonds is 4. The highest BCUT2D eigenvalue weighted by atomic mass is 16.6. The summed E-state index contributed by atoms with van der Waals surface area (Å²) in [4.78, 5) is 34.4. The first-order valence-corrected chi connectivity index (χ1v) is 9.40. The lowest BCUT2D eigenvalue weighted by Gasteiger charge is -2.24. The smallest absolute Gasteiger partial charge is 0.410 e. The number of amides is 2. The van der Waals surface area contributed by atoms with E-state index in [4.69, 9.17) is 10.5 Å². The summed E-state index contributed by atoms with van der Waals surface area (Å²) in [7, 11) is 0. The number of hydrogen-bond acceptors (Lipinski definition) is 5. The van der Waals surface area contributed by atoms with Gasteiger partial charge in [-0.05, 0) is 51.7 Å². The summed E-state index contributed by atoms with van der Waals surface area (Å²) in [5, 5.41) is 0. The highest BCUT2D eigenvalue weighted by Crippen LogP contribution is 2.24. The molecule has 3 rings (SSSR count). The molecular weight excluding hydrogens is 356 g/mol. The van der Waals surface area contributed by atoms with Gasteiger partial charge in [0.05, 0.1) is 17.6 Å². The monoisotopic (exact) mass is 382 g/mol. The Morgan fingerprint density at radius 1 is 1.29 bits per heavy atom. The molecule has 7 nitrogen and oxygen atoms in total. The molecule has 1 aromatic heterocycles. The molecular formula is C21H26N4O3. The van der Waals surface area contributed by atoms with E-state index in [0.717, 1.165) is 24.1 Å². The van der Waals surface area contributed by atoms with Gasteiger partial charge in [0, 0.05) is 30.4 Å². The van der Waals surface area contributed by atoms with Crippen molar-refractivity contribution in [3.8, 4) is 11.3 Å². The van der Waals surface area contributed by atoms with Crippen molar-refractivity contribution in [3.63, 3.8) is 0 Å². The first-order valence-electron chi connectivity index (χ1n) is 9.40. The fourth-order valence-corrected chi connectivity index (χ4v) is 3.26. The average molecular weight is 382 g/mol. The van der Waals surface area contributed by atoms with Crippen LogP contribution in [0.15, 0.2) is 36.7 Å². The number of primary amides is 1. The van der Waals surface area contributed by atoms with Crippen molar-refractivity contribution in [1.29, 1.82) is 0 Å². The summed E-state index contributed by atoms with van der Waals surface area (Å²) in [5.74, 6) is -0.159. The Morgan fingerprint density at radius 3 is 2.79 bits per heavy atom. The molecule has 0 saturated carbocycles. The molecule has 0 aliphatic carbocycles. The van der Waals surface area contributed by atoms with Crippen LogP contribution in [-0.4, -0.2) is 45.6 Å². The first-order chi connectivity index (χ1) is 13.2. The number of likely N-dealkylation sites (tertiary alicyclic amines) is 1. The molecule has 0 spiro atoms. The molecule has 0 radical (unpaired) electrons. The van der Waals surface area contributed by atoms with Gasteiger partial charge >= 0.3 is 6.09 Å². The third-order valence-corrected chi connectivity index (χ3v) is 4.56. The van der Waals surface area contributed by atoms with Crippen molar-refractivity contribution in [2.75, 3.05) is 13.1 Å². The summed E-state index contributed by atoms with van der Waals surface area (Å²) in [5.41, 5.74) is 7.66. The lowest BCUT2D eigenvalue weighted by molar-refractivity contribution is 0.0288. The lowest BCUT2D eigenvalue weighted by Crippen LogP contribution is -2.35. The van der Waals surface area contributed by atoms with Crippen LogP contribution < -0.4 is 5.73 Å². The lowest BCUT2D eigenvalue weighted by atomic mass is 10.0. The average Bonchev–Trinajstić information content (AvgIpc) is 3.09. The van der Waals surface area contributed by atoms with Crippen LogP contribution in [0.4, 0.5) is 4.79 Å². The maximum Gasteiger partial charge on any atom is 0.410 e. The third-order valence-electron chi connectivity index (χ3n) is 4.56. The first kappa shape index (κ1) is 19.8. The SMILES string of the molecule is CC(C)(C)OC(=O)N1CCC(Cc2cncc(-c3cccc(C(N)=O)c3)n2)C1. The van der Waals surface area contributed by atoms with Crippen LogP contribution >= 0.6 is 0 Å². The summed E-state index contributed by atoms with van der Waals surface area (Å²) < 4.78 is 5.45. The molecule has 2 amide bonds. The molecule has 2 aromatic rings. The Balaban J connectivity index is 1.66. The number of nitrogens with zero attached hydrogens (tertiary/aromatic N) is 3. The third kappa shape index (κ3) is 5.06. The fourth-order valence-electron chi connectivity index (χ4n) is 3.26.